The van der Waals surface area contributed by atoms with Gasteiger partial charge >= 0.3 is 5.97 Å². The normalized spacial score (nSPS) is 10.5. The molecule has 2 N–H and O–H groups in total. The Bertz CT molecular complexity index is 962. The van der Waals surface area contributed by atoms with Gasteiger partial charge in [-0.2, -0.15) is 0 Å². The highest BCUT2D eigenvalue weighted by molar-refractivity contribution is 8.03. The zero-order valence-electron chi connectivity index (χ0n) is 13.6. The average Bonchev–Trinajstić information content (AvgIpc) is 3.11. The summed E-state index contributed by atoms with van der Waals surface area (Å²) in [7, 11) is 0. The number of nitrogens with zero attached hydrogens (tertiary/aromatic N) is 2. The molecule has 3 aromatic rings. The van der Waals surface area contributed by atoms with Crippen LogP contribution >= 0.6 is 34.9 Å². The van der Waals surface area contributed by atoms with Gasteiger partial charge in [-0.05, 0) is 24.3 Å². The molecule has 0 unspecified atom stereocenters. The van der Waals surface area contributed by atoms with Crippen LogP contribution < -0.4 is 4.74 Å². The fourth-order valence-corrected chi connectivity index (χ4v) is 4.71. The van der Waals surface area contributed by atoms with E-state index in [0.29, 0.717) is 25.6 Å². The van der Waals surface area contributed by atoms with Crippen molar-refractivity contribution < 1.29 is 24.5 Å². The van der Waals surface area contributed by atoms with Gasteiger partial charge in [0.05, 0.1) is 16.2 Å². The zero-order chi connectivity index (χ0) is 19.2. The van der Waals surface area contributed by atoms with Gasteiger partial charge in [0.25, 0.3) is 0 Å². The second-order valence-corrected chi connectivity index (χ2v) is 8.50. The Morgan fingerprint density at radius 1 is 1.11 bits per heavy atom. The number of ether oxygens (including phenoxy) is 1. The molecule has 0 aliphatic rings. The number of aromatic hydroxyl groups is 2. The number of phenolic OH excluding ortho intramolecular Hbond substituents is 2. The Hall–Kier alpha value is -2.56. The predicted octanol–water partition coefficient (Wildman–Crippen LogP) is 3.61. The van der Waals surface area contributed by atoms with Crippen molar-refractivity contribution in [2.24, 2.45) is 0 Å². The highest BCUT2D eigenvalue weighted by Crippen LogP contribution is 2.40. The lowest BCUT2D eigenvalue weighted by Gasteiger charge is -2.04. The van der Waals surface area contributed by atoms with E-state index < -0.39 is 5.97 Å². The lowest BCUT2D eigenvalue weighted by atomic mass is 10.2. The Balaban J connectivity index is 1.58. The number of para-hydroxylation sites is 1. The standard InChI is InChI=1S/C17H12N2O5S3/c20-8-10-6-13(22)14(7-12(10)21)26-17-19-18-16(27-17)25-9-15(23)24-11-4-2-1-3-5-11/h1-8,21-22H,9H2. The summed E-state index contributed by atoms with van der Waals surface area (Å²) < 4.78 is 6.27. The molecule has 0 aliphatic heterocycles. The Kier molecular flexibility index (Phi) is 6.32. The highest BCUT2D eigenvalue weighted by Gasteiger charge is 2.14. The van der Waals surface area contributed by atoms with Crippen molar-refractivity contribution in [1.82, 2.24) is 10.2 Å². The van der Waals surface area contributed by atoms with Crippen LogP contribution in [0.3, 0.4) is 0 Å². The van der Waals surface area contributed by atoms with E-state index in [-0.39, 0.29) is 22.8 Å². The molecule has 7 nitrogen and oxygen atoms in total. The molecule has 0 amide bonds. The zero-order valence-corrected chi connectivity index (χ0v) is 16.0. The summed E-state index contributed by atoms with van der Waals surface area (Å²) in [6, 6.07) is 11.2. The molecule has 0 spiro atoms. The first-order valence-electron chi connectivity index (χ1n) is 7.46. The van der Waals surface area contributed by atoms with E-state index in [1.54, 1.807) is 24.3 Å². The van der Waals surface area contributed by atoms with Gasteiger partial charge in [0, 0.05) is 0 Å². The topological polar surface area (TPSA) is 110 Å². The summed E-state index contributed by atoms with van der Waals surface area (Å²) in [4.78, 5) is 22.9. The van der Waals surface area contributed by atoms with E-state index in [9.17, 15) is 19.8 Å². The molecule has 0 bridgehead atoms. The smallest absolute Gasteiger partial charge is 0.321 e. The molecule has 0 radical (unpaired) electrons. The molecule has 0 saturated carbocycles. The molecular formula is C17H12N2O5S3. The van der Waals surface area contributed by atoms with Crippen LogP contribution in [0.4, 0.5) is 0 Å². The molecule has 10 heteroatoms. The summed E-state index contributed by atoms with van der Waals surface area (Å²) in [5.41, 5.74) is 0.00212. The van der Waals surface area contributed by atoms with Crippen LogP contribution in [0.1, 0.15) is 10.4 Å². The number of phenols is 2. The molecule has 0 atom stereocenters. The van der Waals surface area contributed by atoms with Gasteiger partial charge in [0.1, 0.15) is 17.2 Å². The van der Waals surface area contributed by atoms with Crippen LogP contribution in [0, 0.1) is 0 Å². The van der Waals surface area contributed by atoms with Gasteiger partial charge < -0.3 is 14.9 Å². The summed E-state index contributed by atoms with van der Waals surface area (Å²) >= 11 is 3.52. The fourth-order valence-electron chi connectivity index (χ4n) is 1.91. The largest absolute Gasteiger partial charge is 0.507 e. The van der Waals surface area contributed by atoms with Crippen molar-refractivity contribution in [3.05, 3.63) is 48.0 Å². The quantitative estimate of drug-likeness (QED) is 0.195. The van der Waals surface area contributed by atoms with Crippen molar-refractivity contribution in [2.75, 3.05) is 5.75 Å². The minimum atomic E-state index is -0.400. The Labute approximate surface area is 166 Å². The minimum Gasteiger partial charge on any atom is -0.507 e. The minimum absolute atomic E-state index is 0.00212. The van der Waals surface area contributed by atoms with Crippen molar-refractivity contribution >= 4 is 47.1 Å². The summed E-state index contributed by atoms with van der Waals surface area (Å²) in [6.07, 6.45) is 0.456. The molecular weight excluding hydrogens is 408 g/mol. The molecule has 27 heavy (non-hydrogen) atoms. The number of aldehydes is 1. The van der Waals surface area contributed by atoms with E-state index in [1.807, 2.05) is 6.07 Å². The molecule has 3 rings (SSSR count). The van der Waals surface area contributed by atoms with E-state index in [0.717, 1.165) is 11.8 Å². The summed E-state index contributed by atoms with van der Waals surface area (Å²) in [5, 5.41) is 27.6. The van der Waals surface area contributed by atoms with Crippen molar-refractivity contribution in [2.45, 2.75) is 13.6 Å². The van der Waals surface area contributed by atoms with Crippen LogP contribution in [-0.4, -0.2) is 38.4 Å². The highest BCUT2D eigenvalue weighted by atomic mass is 32.2. The first kappa shape index (κ1) is 19.2. The Morgan fingerprint density at radius 2 is 1.85 bits per heavy atom. The van der Waals surface area contributed by atoms with Gasteiger partial charge in [-0.15, -0.1) is 10.2 Å². The SMILES string of the molecule is O=Cc1cc(O)c(Sc2nnc(SCC(=O)Oc3ccccc3)s2)cc1O. The number of carbonyl (C=O) groups is 2. The number of esters is 1. The van der Waals surface area contributed by atoms with Gasteiger partial charge in [0.2, 0.25) is 0 Å². The molecule has 0 saturated heterocycles. The molecule has 0 fully saturated rings. The third-order valence-electron chi connectivity index (χ3n) is 3.11. The first-order chi connectivity index (χ1) is 13.0. The third-order valence-corrected chi connectivity index (χ3v) is 6.24. The van der Waals surface area contributed by atoms with Crippen LogP contribution in [0.5, 0.6) is 17.2 Å². The molecule has 1 heterocycles. The molecule has 138 valence electrons. The second kappa shape index (κ2) is 8.89. The fraction of sp³-hybridized carbons (Fsp3) is 0.0588. The lowest BCUT2D eigenvalue weighted by Crippen LogP contribution is -2.10. The number of aromatic nitrogens is 2. The predicted molar refractivity (Wildman–Crippen MR) is 102 cm³/mol. The molecule has 1 aromatic heterocycles. The monoisotopic (exact) mass is 420 g/mol. The number of hydrogen-bond acceptors (Lipinski definition) is 10. The summed E-state index contributed by atoms with van der Waals surface area (Å²) in [6.45, 7) is 0. The summed E-state index contributed by atoms with van der Waals surface area (Å²) in [5.74, 6) is -0.217. The van der Waals surface area contributed by atoms with Crippen molar-refractivity contribution in [3.8, 4) is 17.2 Å². The van der Waals surface area contributed by atoms with E-state index in [4.69, 9.17) is 4.74 Å². The maximum Gasteiger partial charge on any atom is 0.321 e. The number of carbonyl (C=O) groups excluding carboxylic acids is 2. The Morgan fingerprint density at radius 3 is 2.59 bits per heavy atom. The van der Waals surface area contributed by atoms with Crippen LogP contribution in [-0.2, 0) is 4.79 Å². The van der Waals surface area contributed by atoms with E-state index in [1.165, 1.54) is 35.2 Å². The maximum absolute atomic E-state index is 11.8. The first-order valence-corrected chi connectivity index (χ1v) is 10.1. The molecule has 2 aromatic carbocycles. The second-order valence-electron chi connectivity index (χ2n) is 5.01. The average molecular weight is 420 g/mol. The van der Waals surface area contributed by atoms with E-state index >= 15 is 0 Å². The van der Waals surface area contributed by atoms with Gasteiger partial charge in [-0.25, -0.2) is 0 Å². The van der Waals surface area contributed by atoms with Gasteiger partial charge in [0.15, 0.2) is 15.0 Å². The number of hydrogen-bond donors (Lipinski definition) is 2. The number of benzene rings is 2. The number of thioether (sulfide) groups is 1. The van der Waals surface area contributed by atoms with E-state index in [2.05, 4.69) is 10.2 Å². The third kappa shape index (κ3) is 5.22. The van der Waals surface area contributed by atoms with Gasteiger partial charge in [-0.1, -0.05) is 53.1 Å². The lowest BCUT2D eigenvalue weighted by molar-refractivity contribution is -0.131. The van der Waals surface area contributed by atoms with Crippen LogP contribution in [0.15, 0.2) is 56.0 Å². The maximum atomic E-state index is 11.8. The molecule has 0 aliphatic carbocycles. The van der Waals surface area contributed by atoms with Crippen LogP contribution in [0.25, 0.3) is 0 Å². The van der Waals surface area contributed by atoms with Crippen molar-refractivity contribution in [1.29, 1.82) is 0 Å². The van der Waals surface area contributed by atoms with Gasteiger partial charge in [-0.3, -0.25) is 9.59 Å². The number of rotatable bonds is 7. The van der Waals surface area contributed by atoms with Crippen LogP contribution in [0.2, 0.25) is 0 Å². The van der Waals surface area contributed by atoms with Crippen molar-refractivity contribution in [3.63, 3.8) is 0 Å².